The van der Waals surface area contributed by atoms with E-state index in [1.165, 1.54) is 29.3 Å². The van der Waals surface area contributed by atoms with Gasteiger partial charge in [-0.05, 0) is 37.3 Å². The van der Waals surface area contributed by atoms with Gasteiger partial charge in [-0.2, -0.15) is 5.10 Å². The summed E-state index contributed by atoms with van der Waals surface area (Å²) in [5.41, 5.74) is 3.75. The van der Waals surface area contributed by atoms with Crippen molar-refractivity contribution >= 4 is 10.9 Å². The monoisotopic (exact) mass is 172 g/mol. The van der Waals surface area contributed by atoms with E-state index in [0.29, 0.717) is 0 Å². The molecular formula is C11H12N2. The topological polar surface area (TPSA) is 28.7 Å². The Bertz CT molecular complexity index is 452. The van der Waals surface area contributed by atoms with Gasteiger partial charge >= 0.3 is 0 Å². The second-order valence-corrected chi connectivity index (χ2v) is 3.89. The lowest BCUT2D eigenvalue weighted by atomic mass is 10.1. The van der Waals surface area contributed by atoms with Gasteiger partial charge in [-0.15, -0.1) is 0 Å². The van der Waals surface area contributed by atoms with Crippen LogP contribution in [0, 0.1) is 6.92 Å². The van der Waals surface area contributed by atoms with Gasteiger partial charge in [0.1, 0.15) is 0 Å². The molecule has 13 heavy (non-hydrogen) atoms. The zero-order chi connectivity index (χ0) is 8.84. The van der Waals surface area contributed by atoms with Gasteiger partial charge in [0.05, 0.1) is 11.2 Å². The molecule has 3 rings (SSSR count). The van der Waals surface area contributed by atoms with Crippen molar-refractivity contribution in [3.63, 3.8) is 0 Å². The first kappa shape index (κ1) is 7.13. The second kappa shape index (κ2) is 2.34. The Morgan fingerprint density at radius 3 is 3.00 bits per heavy atom. The van der Waals surface area contributed by atoms with Crippen LogP contribution >= 0.6 is 0 Å². The molecule has 1 aliphatic rings. The standard InChI is InChI=1S/C11H12N2/c1-7-10-5-4-9(8-2-3-8)6-11(10)13-12-7/h4-6,8H,2-3H2,1H3,(H,12,13). The number of hydrogen-bond donors (Lipinski definition) is 1. The molecule has 2 aromatic rings. The van der Waals surface area contributed by atoms with Crippen LogP contribution in [0.4, 0.5) is 0 Å². The molecule has 0 saturated heterocycles. The van der Waals surface area contributed by atoms with Crippen molar-refractivity contribution in [3.8, 4) is 0 Å². The summed E-state index contributed by atoms with van der Waals surface area (Å²) in [4.78, 5) is 0. The molecule has 1 fully saturated rings. The molecule has 0 aliphatic heterocycles. The Kier molecular flexibility index (Phi) is 1.29. The number of rotatable bonds is 1. The molecule has 2 nitrogen and oxygen atoms in total. The summed E-state index contributed by atoms with van der Waals surface area (Å²) >= 11 is 0. The molecule has 1 aliphatic carbocycles. The van der Waals surface area contributed by atoms with Crippen LogP contribution in [0.25, 0.3) is 10.9 Å². The second-order valence-electron chi connectivity index (χ2n) is 3.89. The normalized spacial score (nSPS) is 16.7. The third-order valence-electron chi connectivity index (χ3n) is 2.83. The lowest BCUT2D eigenvalue weighted by molar-refractivity contribution is 1.06. The summed E-state index contributed by atoms with van der Waals surface area (Å²) in [6.07, 6.45) is 2.72. The summed E-state index contributed by atoms with van der Waals surface area (Å²) in [6.45, 7) is 2.04. The summed E-state index contributed by atoms with van der Waals surface area (Å²) < 4.78 is 0. The molecule has 1 saturated carbocycles. The number of hydrogen-bond acceptors (Lipinski definition) is 1. The summed E-state index contributed by atoms with van der Waals surface area (Å²) in [6, 6.07) is 6.66. The fourth-order valence-corrected chi connectivity index (χ4v) is 1.84. The van der Waals surface area contributed by atoms with Crippen LogP contribution in [0.3, 0.4) is 0 Å². The molecule has 0 bridgehead atoms. The number of nitrogens with one attached hydrogen (secondary N) is 1. The van der Waals surface area contributed by atoms with Gasteiger partial charge in [0.15, 0.2) is 0 Å². The number of benzene rings is 1. The molecule has 0 unspecified atom stereocenters. The zero-order valence-electron chi connectivity index (χ0n) is 7.67. The molecule has 0 radical (unpaired) electrons. The fraction of sp³-hybridized carbons (Fsp3) is 0.364. The third kappa shape index (κ3) is 1.05. The average Bonchev–Trinajstić information content (AvgIpc) is 2.93. The van der Waals surface area contributed by atoms with Crippen LogP contribution in [0.5, 0.6) is 0 Å². The van der Waals surface area contributed by atoms with Crippen molar-refractivity contribution in [2.24, 2.45) is 0 Å². The highest BCUT2D eigenvalue weighted by Crippen LogP contribution is 2.40. The fourth-order valence-electron chi connectivity index (χ4n) is 1.84. The number of H-pyrrole nitrogens is 1. The SMILES string of the molecule is Cc1n[nH]c2cc(C3CC3)ccc12. The predicted octanol–water partition coefficient (Wildman–Crippen LogP) is 2.75. The average molecular weight is 172 g/mol. The Balaban J connectivity index is 2.21. The van der Waals surface area contributed by atoms with Crippen molar-refractivity contribution < 1.29 is 0 Å². The first-order valence-corrected chi connectivity index (χ1v) is 4.79. The van der Waals surface area contributed by atoms with E-state index in [4.69, 9.17) is 0 Å². The Morgan fingerprint density at radius 2 is 2.23 bits per heavy atom. The van der Waals surface area contributed by atoms with Crippen LogP contribution in [-0.2, 0) is 0 Å². The van der Waals surface area contributed by atoms with Gasteiger partial charge in [0.2, 0.25) is 0 Å². The number of aryl methyl sites for hydroxylation is 1. The molecule has 0 atom stereocenters. The van der Waals surface area contributed by atoms with Crippen LogP contribution in [0.1, 0.15) is 30.0 Å². The first-order chi connectivity index (χ1) is 6.34. The summed E-state index contributed by atoms with van der Waals surface area (Å²) in [7, 11) is 0. The van der Waals surface area contributed by atoms with Crippen molar-refractivity contribution in [2.45, 2.75) is 25.7 Å². The number of fused-ring (bicyclic) bond motifs is 1. The molecule has 0 spiro atoms. The minimum Gasteiger partial charge on any atom is -0.278 e. The Hall–Kier alpha value is -1.31. The van der Waals surface area contributed by atoms with E-state index in [1.807, 2.05) is 6.92 Å². The Labute approximate surface area is 77.0 Å². The maximum absolute atomic E-state index is 4.19. The van der Waals surface area contributed by atoms with E-state index in [0.717, 1.165) is 11.6 Å². The zero-order valence-corrected chi connectivity index (χ0v) is 7.67. The van der Waals surface area contributed by atoms with Gasteiger partial charge in [-0.25, -0.2) is 0 Å². The van der Waals surface area contributed by atoms with Crippen LogP contribution in [0.15, 0.2) is 18.2 Å². The van der Waals surface area contributed by atoms with E-state index in [9.17, 15) is 0 Å². The number of nitrogens with zero attached hydrogens (tertiary/aromatic N) is 1. The molecule has 0 amide bonds. The van der Waals surface area contributed by atoms with Gasteiger partial charge in [0.25, 0.3) is 0 Å². The van der Waals surface area contributed by atoms with E-state index in [2.05, 4.69) is 28.4 Å². The van der Waals surface area contributed by atoms with Crippen molar-refractivity contribution in [1.82, 2.24) is 10.2 Å². The van der Waals surface area contributed by atoms with Crippen LogP contribution in [0.2, 0.25) is 0 Å². The van der Waals surface area contributed by atoms with Crippen molar-refractivity contribution in [1.29, 1.82) is 0 Å². The van der Waals surface area contributed by atoms with Gasteiger partial charge in [-0.3, -0.25) is 5.10 Å². The van der Waals surface area contributed by atoms with Gasteiger partial charge < -0.3 is 0 Å². The molecular weight excluding hydrogens is 160 g/mol. The first-order valence-electron chi connectivity index (χ1n) is 4.79. The smallest absolute Gasteiger partial charge is 0.0669 e. The maximum Gasteiger partial charge on any atom is 0.0669 e. The molecule has 1 heterocycles. The molecule has 1 aromatic carbocycles. The molecule has 2 heteroatoms. The highest BCUT2D eigenvalue weighted by atomic mass is 15.1. The molecule has 1 aromatic heterocycles. The quantitative estimate of drug-likeness (QED) is 0.704. The lowest BCUT2D eigenvalue weighted by Gasteiger charge is -1.96. The largest absolute Gasteiger partial charge is 0.278 e. The van der Waals surface area contributed by atoms with Gasteiger partial charge in [-0.1, -0.05) is 12.1 Å². The lowest BCUT2D eigenvalue weighted by Crippen LogP contribution is -1.78. The van der Waals surface area contributed by atoms with Crippen LogP contribution < -0.4 is 0 Å². The summed E-state index contributed by atoms with van der Waals surface area (Å²) in [5, 5.41) is 8.51. The van der Waals surface area contributed by atoms with Crippen LogP contribution in [-0.4, -0.2) is 10.2 Å². The maximum atomic E-state index is 4.19. The van der Waals surface area contributed by atoms with E-state index >= 15 is 0 Å². The number of aromatic amines is 1. The predicted molar refractivity (Wildman–Crippen MR) is 52.8 cm³/mol. The van der Waals surface area contributed by atoms with E-state index < -0.39 is 0 Å². The molecule has 66 valence electrons. The van der Waals surface area contributed by atoms with E-state index in [1.54, 1.807) is 0 Å². The third-order valence-corrected chi connectivity index (χ3v) is 2.83. The summed E-state index contributed by atoms with van der Waals surface area (Å²) in [5.74, 6) is 0.827. The molecule has 1 N–H and O–H groups in total. The highest BCUT2D eigenvalue weighted by Gasteiger charge is 2.23. The number of aromatic nitrogens is 2. The van der Waals surface area contributed by atoms with Crippen molar-refractivity contribution in [2.75, 3.05) is 0 Å². The minimum atomic E-state index is 0.827. The van der Waals surface area contributed by atoms with E-state index in [-0.39, 0.29) is 0 Å². The highest BCUT2D eigenvalue weighted by molar-refractivity contribution is 5.81. The Morgan fingerprint density at radius 1 is 1.38 bits per heavy atom. The van der Waals surface area contributed by atoms with Gasteiger partial charge in [0, 0.05) is 5.39 Å². The minimum absolute atomic E-state index is 0.827. The van der Waals surface area contributed by atoms with Crippen molar-refractivity contribution in [3.05, 3.63) is 29.5 Å².